The number of methoxy groups -OCH3 is 1. The van der Waals surface area contributed by atoms with E-state index in [9.17, 15) is 4.79 Å². The molecule has 3 aromatic rings. The lowest BCUT2D eigenvalue weighted by molar-refractivity contribution is -0.122. The van der Waals surface area contributed by atoms with E-state index < -0.39 is 0 Å². The topological polar surface area (TPSA) is 56.6 Å². The van der Waals surface area contributed by atoms with Crippen molar-refractivity contribution in [3.63, 3.8) is 0 Å². The SMILES string of the molecule is COCCN1C(=O)C(=Cc2cn(-c3ccccc3)nc2-c2ccc(OCC(C)C)cc2)SC1=S. The van der Waals surface area contributed by atoms with Crippen LogP contribution in [0.15, 0.2) is 65.7 Å². The average molecular weight is 494 g/mol. The van der Waals surface area contributed by atoms with Gasteiger partial charge in [-0.15, -0.1) is 0 Å². The van der Waals surface area contributed by atoms with E-state index in [1.165, 1.54) is 11.8 Å². The number of ether oxygens (including phenoxy) is 2. The van der Waals surface area contributed by atoms with Crippen molar-refractivity contribution in [1.82, 2.24) is 14.7 Å². The number of hydrogen-bond acceptors (Lipinski definition) is 6. The highest BCUT2D eigenvalue weighted by atomic mass is 32.2. The summed E-state index contributed by atoms with van der Waals surface area (Å²) in [4.78, 5) is 15.1. The Morgan fingerprint density at radius 3 is 2.53 bits per heavy atom. The van der Waals surface area contributed by atoms with Gasteiger partial charge in [0.05, 0.1) is 36.0 Å². The first kappa shape index (κ1) is 24.2. The standard InChI is InChI=1S/C26H27N3O3S2/c1-18(2)17-32-22-11-9-19(10-12-22)24-20(16-29(27-24)21-7-5-4-6-8-21)15-23-25(30)28(13-14-31-3)26(33)34-23/h4-12,15-16,18H,13-14,17H2,1-3H3. The number of aromatic nitrogens is 2. The summed E-state index contributed by atoms with van der Waals surface area (Å²) in [7, 11) is 1.61. The van der Waals surface area contributed by atoms with Crippen molar-refractivity contribution in [1.29, 1.82) is 0 Å². The molecule has 1 aliphatic heterocycles. The Kier molecular flexibility index (Phi) is 7.82. The largest absolute Gasteiger partial charge is 0.493 e. The van der Waals surface area contributed by atoms with Crippen molar-refractivity contribution in [2.75, 3.05) is 26.9 Å². The molecule has 0 saturated carbocycles. The van der Waals surface area contributed by atoms with Crippen molar-refractivity contribution < 1.29 is 14.3 Å². The van der Waals surface area contributed by atoms with Crippen molar-refractivity contribution in [3.05, 3.63) is 71.3 Å². The molecule has 0 atom stereocenters. The molecule has 6 nitrogen and oxygen atoms in total. The fourth-order valence-corrected chi connectivity index (χ4v) is 4.72. The molecule has 0 unspecified atom stereocenters. The predicted molar refractivity (Wildman–Crippen MR) is 141 cm³/mol. The highest BCUT2D eigenvalue weighted by molar-refractivity contribution is 8.26. The Balaban J connectivity index is 1.69. The summed E-state index contributed by atoms with van der Waals surface area (Å²) < 4.78 is 13.3. The van der Waals surface area contributed by atoms with Crippen LogP contribution in [0.1, 0.15) is 19.4 Å². The summed E-state index contributed by atoms with van der Waals surface area (Å²) in [6, 6.07) is 17.8. The number of hydrogen-bond donors (Lipinski definition) is 0. The Bertz CT molecular complexity index is 1190. The fraction of sp³-hybridized carbons (Fsp3) is 0.269. The molecule has 2 aromatic carbocycles. The maximum atomic E-state index is 13.0. The molecule has 0 radical (unpaired) electrons. The van der Waals surface area contributed by atoms with Crippen molar-refractivity contribution in [2.45, 2.75) is 13.8 Å². The lowest BCUT2D eigenvalue weighted by Gasteiger charge is -2.12. The molecule has 0 spiro atoms. The summed E-state index contributed by atoms with van der Waals surface area (Å²) in [6.45, 7) is 5.77. The second-order valence-electron chi connectivity index (χ2n) is 8.27. The lowest BCUT2D eigenvalue weighted by atomic mass is 10.1. The zero-order chi connectivity index (χ0) is 24.1. The zero-order valence-electron chi connectivity index (χ0n) is 19.4. The number of carbonyl (C=O) groups is 1. The molecule has 0 aliphatic carbocycles. The number of nitrogens with zero attached hydrogens (tertiary/aromatic N) is 3. The third-order valence-electron chi connectivity index (χ3n) is 5.15. The van der Waals surface area contributed by atoms with E-state index in [1.807, 2.05) is 71.6 Å². The second-order valence-corrected chi connectivity index (χ2v) is 9.94. The van der Waals surface area contributed by atoms with Gasteiger partial charge in [0.1, 0.15) is 10.1 Å². The molecule has 1 aromatic heterocycles. The quantitative estimate of drug-likeness (QED) is 0.293. The van der Waals surface area contributed by atoms with Gasteiger partial charge in [0.15, 0.2) is 0 Å². The monoisotopic (exact) mass is 493 g/mol. The molecular formula is C26H27N3O3S2. The van der Waals surface area contributed by atoms with Crippen LogP contribution in [0.5, 0.6) is 5.75 Å². The average Bonchev–Trinajstić information content (AvgIpc) is 3.38. The Morgan fingerprint density at radius 1 is 1.12 bits per heavy atom. The van der Waals surface area contributed by atoms with E-state index in [1.54, 1.807) is 12.0 Å². The number of carbonyl (C=O) groups excluding carboxylic acids is 1. The van der Waals surface area contributed by atoms with Gasteiger partial charge in [-0.25, -0.2) is 4.68 Å². The molecule has 34 heavy (non-hydrogen) atoms. The molecule has 2 heterocycles. The number of thiocarbonyl (C=S) groups is 1. The number of thioether (sulfide) groups is 1. The van der Waals surface area contributed by atoms with Gasteiger partial charge in [0, 0.05) is 24.4 Å². The second kappa shape index (κ2) is 11.0. The zero-order valence-corrected chi connectivity index (χ0v) is 21.1. The van der Waals surface area contributed by atoms with Gasteiger partial charge < -0.3 is 9.47 Å². The molecule has 176 valence electrons. The Morgan fingerprint density at radius 2 is 1.85 bits per heavy atom. The first-order chi connectivity index (χ1) is 16.5. The Hall–Kier alpha value is -2.94. The van der Waals surface area contributed by atoms with Gasteiger partial charge in [-0.2, -0.15) is 5.10 Å². The molecule has 8 heteroatoms. The van der Waals surface area contributed by atoms with Crippen LogP contribution in [0.4, 0.5) is 0 Å². The normalized spacial score (nSPS) is 15.1. The van der Waals surface area contributed by atoms with Crippen molar-refractivity contribution in [2.24, 2.45) is 5.92 Å². The number of rotatable bonds is 9. The van der Waals surface area contributed by atoms with Gasteiger partial charge in [0.2, 0.25) is 0 Å². The molecular weight excluding hydrogens is 466 g/mol. The number of para-hydroxylation sites is 1. The van der Waals surface area contributed by atoms with Crippen LogP contribution in [0, 0.1) is 5.92 Å². The van der Waals surface area contributed by atoms with Crippen LogP contribution >= 0.6 is 24.0 Å². The summed E-state index contributed by atoms with van der Waals surface area (Å²) in [5, 5.41) is 4.85. The minimum atomic E-state index is -0.108. The van der Waals surface area contributed by atoms with E-state index in [-0.39, 0.29) is 5.91 Å². The van der Waals surface area contributed by atoms with Gasteiger partial charge in [-0.1, -0.05) is 56.0 Å². The predicted octanol–water partition coefficient (Wildman–Crippen LogP) is 5.42. The van der Waals surface area contributed by atoms with E-state index in [0.717, 1.165) is 28.3 Å². The van der Waals surface area contributed by atoms with Gasteiger partial charge in [-0.05, 0) is 48.4 Å². The first-order valence-electron chi connectivity index (χ1n) is 11.1. The fourth-order valence-electron chi connectivity index (χ4n) is 3.42. The van der Waals surface area contributed by atoms with Crippen molar-refractivity contribution >= 4 is 40.3 Å². The third-order valence-corrected chi connectivity index (χ3v) is 6.53. The van der Waals surface area contributed by atoms with E-state index in [2.05, 4.69) is 13.8 Å². The van der Waals surface area contributed by atoms with Crippen LogP contribution in [0.25, 0.3) is 23.0 Å². The molecule has 4 rings (SSSR count). The molecule has 1 saturated heterocycles. The summed E-state index contributed by atoms with van der Waals surface area (Å²) in [6.07, 6.45) is 3.81. The highest BCUT2D eigenvalue weighted by Crippen LogP contribution is 2.35. The van der Waals surface area contributed by atoms with E-state index in [4.69, 9.17) is 26.8 Å². The van der Waals surface area contributed by atoms with Crippen LogP contribution in [0.2, 0.25) is 0 Å². The van der Waals surface area contributed by atoms with Crippen molar-refractivity contribution in [3.8, 4) is 22.7 Å². The highest BCUT2D eigenvalue weighted by Gasteiger charge is 2.32. The van der Waals surface area contributed by atoms with Crippen LogP contribution in [-0.4, -0.2) is 51.8 Å². The number of benzene rings is 2. The maximum absolute atomic E-state index is 13.0. The molecule has 1 amide bonds. The van der Waals surface area contributed by atoms with Gasteiger partial charge in [-0.3, -0.25) is 9.69 Å². The molecule has 0 bridgehead atoms. The molecule has 0 N–H and O–H groups in total. The van der Waals surface area contributed by atoms with Crippen LogP contribution in [0.3, 0.4) is 0 Å². The van der Waals surface area contributed by atoms with E-state index in [0.29, 0.717) is 34.9 Å². The summed E-state index contributed by atoms with van der Waals surface area (Å²) >= 11 is 6.73. The Labute approximate surface area is 209 Å². The summed E-state index contributed by atoms with van der Waals surface area (Å²) in [5.74, 6) is 1.17. The third kappa shape index (κ3) is 5.58. The minimum Gasteiger partial charge on any atom is -0.493 e. The van der Waals surface area contributed by atoms with Gasteiger partial charge in [0.25, 0.3) is 5.91 Å². The van der Waals surface area contributed by atoms with Gasteiger partial charge >= 0.3 is 0 Å². The molecule has 1 fully saturated rings. The molecule has 1 aliphatic rings. The smallest absolute Gasteiger partial charge is 0.266 e. The lowest BCUT2D eigenvalue weighted by Crippen LogP contribution is -2.31. The van der Waals surface area contributed by atoms with Crippen LogP contribution in [-0.2, 0) is 9.53 Å². The van der Waals surface area contributed by atoms with E-state index >= 15 is 0 Å². The minimum absolute atomic E-state index is 0.108. The summed E-state index contributed by atoms with van der Waals surface area (Å²) in [5.41, 5.74) is 3.49. The maximum Gasteiger partial charge on any atom is 0.266 e. The van der Waals surface area contributed by atoms with Crippen LogP contribution < -0.4 is 4.74 Å². The first-order valence-corrected chi connectivity index (χ1v) is 12.3. The number of amides is 1.